The van der Waals surface area contributed by atoms with Gasteiger partial charge in [-0.25, -0.2) is 0 Å². The molecule has 0 spiro atoms. The van der Waals surface area contributed by atoms with Crippen LogP contribution in [0.1, 0.15) is 39.0 Å². The zero-order valence-corrected chi connectivity index (χ0v) is 11.1. The Morgan fingerprint density at radius 3 is 3.00 bits per heavy atom. The molecule has 0 aromatic carbocycles. The van der Waals surface area contributed by atoms with Crippen LogP contribution in [-0.4, -0.2) is 30.6 Å². The molecular formula is C15H26N2. The second kappa shape index (κ2) is 6.36. The third-order valence-electron chi connectivity index (χ3n) is 3.99. The summed E-state index contributed by atoms with van der Waals surface area (Å²) >= 11 is 0. The largest absolute Gasteiger partial charge is 0.328 e. The molecule has 2 unspecified atom stereocenters. The third-order valence-corrected chi connectivity index (χ3v) is 3.99. The van der Waals surface area contributed by atoms with Crippen LogP contribution in [-0.2, 0) is 0 Å². The average Bonchev–Trinajstić information content (AvgIpc) is 2.56. The number of nitrogens with two attached hydrogens (primary N) is 1. The van der Waals surface area contributed by atoms with Gasteiger partial charge in [-0.3, -0.25) is 0 Å². The van der Waals surface area contributed by atoms with Crippen LogP contribution in [0.3, 0.4) is 0 Å². The van der Waals surface area contributed by atoms with Gasteiger partial charge in [-0.05, 0) is 56.7 Å². The maximum absolute atomic E-state index is 6.02. The van der Waals surface area contributed by atoms with Crippen molar-refractivity contribution >= 4 is 0 Å². The Morgan fingerprint density at radius 1 is 1.35 bits per heavy atom. The minimum absolute atomic E-state index is 0.434. The van der Waals surface area contributed by atoms with Crippen LogP contribution in [0.5, 0.6) is 0 Å². The van der Waals surface area contributed by atoms with Gasteiger partial charge >= 0.3 is 0 Å². The Balaban J connectivity index is 1.83. The number of likely N-dealkylation sites (tertiary alicyclic amines) is 1. The number of rotatable bonds is 3. The second-order valence-corrected chi connectivity index (χ2v) is 5.58. The van der Waals surface area contributed by atoms with Gasteiger partial charge in [0.1, 0.15) is 0 Å². The van der Waals surface area contributed by atoms with E-state index in [1.165, 1.54) is 57.3 Å². The van der Waals surface area contributed by atoms with Gasteiger partial charge in [0.05, 0.1) is 0 Å². The molecule has 1 saturated heterocycles. The van der Waals surface area contributed by atoms with E-state index in [-0.39, 0.29) is 0 Å². The SMILES string of the molecule is CC(CN1CCCC(N)CC1)C1=CCCC=C1. The van der Waals surface area contributed by atoms with Crippen molar-refractivity contribution in [2.75, 3.05) is 19.6 Å². The van der Waals surface area contributed by atoms with Crippen molar-refractivity contribution in [3.63, 3.8) is 0 Å². The Hall–Kier alpha value is -0.600. The number of nitrogens with zero attached hydrogens (tertiary/aromatic N) is 1. The molecule has 2 nitrogen and oxygen atoms in total. The Morgan fingerprint density at radius 2 is 2.24 bits per heavy atom. The summed E-state index contributed by atoms with van der Waals surface area (Å²) < 4.78 is 0. The predicted octanol–water partition coefficient (Wildman–Crippen LogP) is 2.71. The van der Waals surface area contributed by atoms with Crippen LogP contribution >= 0.6 is 0 Å². The highest BCUT2D eigenvalue weighted by molar-refractivity contribution is 5.24. The highest BCUT2D eigenvalue weighted by Gasteiger charge is 2.17. The summed E-state index contributed by atoms with van der Waals surface area (Å²) in [7, 11) is 0. The van der Waals surface area contributed by atoms with Gasteiger partial charge < -0.3 is 10.6 Å². The molecule has 0 bridgehead atoms. The van der Waals surface area contributed by atoms with E-state index in [9.17, 15) is 0 Å². The lowest BCUT2D eigenvalue weighted by atomic mass is 9.95. The summed E-state index contributed by atoms with van der Waals surface area (Å²) in [5.74, 6) is 0.667. The summed E-state index contributed by atoms with van der Waals surface area (Å²) in [5.41, 5.74) is 7.55. The molecule has 2 N–H and O–H groups in total. The van der Waals surface area contributed by atoms with E-state index in [0.717, 1.165) is 0 Å². The smallest absolute Gasteiger partial charge is 0.00514 e. The first kappa shape index (κ1) is 12.8. The number of hydrogen-bond acceptors (Lipinski definition) is 2. The lowest BCUT2D eigenvalue weighted by Gasteiger charge is -2.25. The first-order valence-corrected chi connectivity index (χ1v) is 7.10. The molecular weight excluding hydrogens is 208 g/mol. The van der Waals surface area contributed by atoms with Crippen LogP contribution in [0.2, 0.25) is 0 Å². The lowest BCUT2D eigenvalue weighted by molar-refractivity contribution is 0.259. The summed E-state index contributed by atoms with van der Waals surface area (Å²) in [4.78, 5) is 2.60. The molecule has 1 fully saturated rings. The van der Waals surface area contributed by atoms with Crippen molar-refractivity contribution < 1.29 is 0 Å². The van der Waals surface area contributed by atoms with Crippen molar-refractivity contribution in [2.45, 2.75) is 45.1 Å². The molecule has 0 aromatic heterocycles. The van der Waals surface area contributed by atoms with Crippen LogP contribution in [0.25, 0.3) is 0 Å². The van der Waals surface area contributed by atoms with Crippen LogP contribution in [0.15, 0.2) is 23.8 Å². The van der Waals surface area contributed by atoms with E-state index in [2.05, 4.69) is 30.1 Å². The van der Waals surface area contributed by atoms with E-state index >= 15 is 0 Å². The summed E-state index contributed by atoms with van der Waals surface area (Å²) in [5, 5.41) is 0. The van der Waals surface area contributed by atoms with E-state index in [1.807, 2.05) is 0 Å². The minimum atomic E-state index is 0.434. The molecule has 1 aliphatic heterocycles. The molecule has 2 aliphatic rings. The molecule has 2 heteroatoms. The molecule has 0 radical (unpaired) electrons. The minimum Gasteiger partial charge on any atom is -0.328 e. The van der Waals surface area contributed by atoms with Gasteiger partial charge in [-0.15, -0.1) is 0 Å². The van der Waals surface area contributed by atoms with Crippen molar-refractivity contribution in [3.8, 4) is 0 Å². The second-order valence-electron chi connectivity index (χ2n) is 5.58. The molecule has 0 amide bonds. The molecule has 0 aromatic rings. The average molecular weight is 234 g/mol. The fourth-order valence-electron chi connectivity index (χ4n) is 2.86. The van der Waals surface area contributed by atoms with Crippen LogP contribution in [0, 0.1) is 5.92 Å². The maximum atomic E-state index is 6.02. The summed E-state index contributed by atoms with van der Waals surface area (Å²) in [6, 6.07) is 0.434. The molecule has 1 heterocycles. The van der Waals surface area contributed by atoms with Crippen LogP contribution in [0.4, 0.5) is 0 Å². The van der Waals surface area contributed by atoms with E-state index in [4.69, 9.17) is 5.73 Å². The fourth-order valence-corrected chi connectivity index (χ4v) is 2.86. The molecule has 96 valence electrons. The first-order chi connectivity index (χ1) is 8.25. The van der Waals surface area contributed by atoms with E-state index in [1.54, 1.807) is 0 Å². The van der Waals surface area contributed by atoms with Crippen LogP contribution < -0.4 is 5.73 Å². The maximum Gasteiger partial charge on any atom is 0.00514 e. The highest BCUT2D eigenvalue weighted by atomic mass is 15.1. The van der Waals surface area contributed by atoms with Gasteiger partial charge in [0, 0.05) is 12.6 Å². The Labute approximate surface area is 106 Å². The van der Waals surface area contributed by atoms with Gasteiger partial charge in [-0.1, -0.05) is 25.2 Å². The number of allylic oxidation sites excluding steroid dienone is 3. The summed E-state index contributed by atoms with van der Waals surface area (Å²) in [6.45, 7) is 5.97. The normalized spacial score (nSPS) is 28.6. The molecule has 2 rings (SSSR count). The van der Waals surface area contributed by atoms with Gasteiger partial charge in [0.15, 0.2) is 0 Å². The molecule has 17 heavy (non-hydrogen) atoms. The van der Waals surface area contributed by atoms with E-state index in [0.29, 0.717) is 12.0 Å². The van der Waals surface area contributed by atoms with Crippen molar-refractivity contribution in [1.82, 2.24) is 4.90 Å². The molecule has 1 aliphatic carbocycles. The monoisotopic (exact) mass is 234 g/mol. The number of hydrogen-bond donors (Lipinski definition) is 1. The fraction of sp³-hybridized carbons (Fsp3) is 0.733. The Bertz CT molecular complexity index is 293. The zero-order valence-electron chi connectivity index (χ0n) is 11.1. The molecule has 0 saturated carbocycles. The lowest BCUT2D eigenvalue weighted by Crippen LogP contribution is -2.31. The van der Waals surface area contributed by atoms with E-state index < -0.39 is 0 Å². The predicted molar refractivity (Wildman–Crippen MR) is 73.9 cm³/mol. The van der Waals surface area contributed by atoms with Crippen molar-refractivity contribution in [3.05, 3.63) is 23.8 Å². The standard InChI is InChI=1S/C15H26N2/c1-13(14-6-3-2-4-7-14)12-17-10-5-8-15(16)9-11-17/h3,6-7,13,15H,2,4-5,8-12,16H2,1H3. The quantitative estimate of drug-likeness (QED) is 0.813. The van der Waals surface area contributed by atoms with Gasteiger partial charge in [-0.2, -0.15) is 0 Å². The zero-order chi connectivity index (χ0) is 12.1. The third kappa shape index (κ3) is 3.97. The van der Waals surface area contributed by atoms with Crippen molar-refractivity contribution in [1.29, 1.82) is 0 Å². The van der Waals surface area contributed by atoms with Gasteiger partial charge in [0.25, 0.3) is 0 Å². The summed E-state index contributed by atoms with van der Waals surface area (Å²) in [6.07, 6.45) is 13.1. The topological polar surface area (TPSA) is 29.3 Å². The first-order valence-electron chi connectivity index (χ1n) is 7.10. The Kier molecular flexibility index (Phi) is 4.81. The molecule has 2 atom stereocenters. The highest BCUT2D eigenvalue weighted by Crippen LogP contribution is 2.20. The van der Waals surface area contributed by atoms with Gasteiger partial charge in [0.2, 0.25) is 0 Å². The van der Waals surface area contributed by atoms with Crippen molar-refractivity contribution in [2.24, 2.45) is 11.7 Å².